The van der Waals surface area contributed by atoms with Gasteiger partial charge in [0.2, 0.25) is 8.32 Å². The zero-order chi connectivity index (χ0) is 12.3. The molecular weight excluding hydrogens is 223 g/mol. The highest BCUT2D eigenvalue weighted by Crippen LogP contribution is 2.27. The fourth-order valence-corrected chi connectivity index (χ4v) is 2.19. The van der Waals surface area contributed by atoms with Gasteiger partial charge in [-0.25, -0.2) is 0 Å². The van der Waals surface area contributed by atoms with E-state index in [9.17, 15) is 10.0 Å². The molecule has 1 aromatic carbocycles. The average Bonchev–Trinajstić information content (AvgIpc) is 2.14. The van der Waals surface area contributed by atoms with E-state index >= 15 is 0 Å². The van der Waals surface area contributed by atoms with Gasteiger partial charge in [0.15, 0.2) is 5.75 Å². The quantitative estimate of drug-likeness (QED) is 0.756. The van der Waals surface area contributed by atoms with Crippen LogP contribution >= 0.6 is 0 Å². The van der Waals surface area contributed by atoms with Crippen LogP contribution < -0.4 is 14.6 Å². The molecule has 0 radical (unpaired) electrons. The Balaban J connectivity index is 3.14. The van der Waals surface area contributed by atoms with Crippen LogP contribution in [-0.2, 0) is 0 Å². The highest BCUT2D eigenvalue weighted by atomic mass is 28.4. The first kappa shape index (κ1) is 13.1. The summed E-state index contributed by atoms with van der Waals surface area (Å²) in [6, 6.07) is 5.08. The molecule has 0 unspecified atom stereocenters. The molecule has 1 aromatic rings. The molecule has 0 heterocycles. The summed E-state index contributed by atoms with van der Waals surface area (Å²) in [6.07, 6.45) is 0. The van der Waals surface area contributed by atoms with E-state index in [1.54, 1.807) is 18.2 Å². The Labute approximate surface area is 97.1 Å². The van der Waals surface area contributed by atoms with Crippen molar-refractivity contribution in [3.8, 4) is 11.5 Å². The smallest absolute Gasteiger partial charge is 0.492 e. The van der Waals surface area contributed by atoms with Crippen LogP contribution in [-0.4, -0.2) is 32.6 Å². The Morgan fingerprint density at radius 3 is 2.25 bits per heavy atom. The minimum atomic E-state index is -1.75. The lowest BCUT2D eigenvalue weighted by molar-refractivity contribution is 0.386. The van der Waals surface area contributed by atoms with Gasteiger partial charge >= 0.3 is 7.12 Å². The second kappa shape index (κ2) is 4.90. The van der Waals surface area contributed by atoms with Crippen LogP contribution in [0.2, 0.25) is 19.6 Å². The maximum absolute atomic E-state index is 9.19. The number of benzene rings is 1. The molecule has 0 aromatic heterocycles. The Hall–Kier alpha value is -0.978. The molecule has 2 N–H and O–H groups in total. The van der Waals surface area contributed by atoms with Gasteiger partial charge in [-0.1, -0.05) is 12.1 Å². The van der Waals surface area contributed by atoms with Crippen molar-refractivity contribution in [3.63, 3.8) is 0 Å². The van der Waals surface area contributed by atoms with Gasteiger partial charge in [0.05, 0.1) is 7.11 Å². The lowest BCUT2D eigenvalue weighted by atomic mass is 9.79. The number of para-hydroxylation sites is 1. The molecule has 0 fully saturated rings. The molecule has 1 rings (SSSR count). The third kappa shape index (κ3) is 3.26. The molecule has 0 aliphatic carbocycles. The summed E-state index contributed by atoms with van der Waals surface area (Å²) >= 11 is 0. The van der Waals surface area contributed by atoms with Gasteiger partial charge in [0.1, 0.15) is 5.75 Å². The van der Waals surface area contributed by atoms with Gasteiger partial charge in [-0.3, -0.25) is 0 Å². The van der Waals surface area contributed by atoms with Crippen molar-refractivity contribution in [1.29, 1.82) is 0 Å². The molecule has 0 spiro atoms. The number of hydrogen-bond donors (Lipinski definition) is 2. The van der Waals surface area contributed by atoms with Crippen molar-refractivity contribution in [3.05, 3.63) is 18.2 Å². The maximum atomic E-state index is 9.19. The molecule has 0 aliphatic rings. The molecule has 0 bridgehead atoms. The summed E-state index contributed by atoms with van der Waals surface area (Å²) < 4.78 is 11.0. The van der Waals surface area contributed by atoms with Gasteiger partial charge in [-0.05, 0) is 25.7 Å². The van der Waals surface area contributed by atoms with Crippen molar-refractivity contribution >= 4 is 20.9 Å². The summed E-state index contributed by atoms with van der Waals surface area (Å²) in [5.41, 5.74) is 0.318. The van der Waals surface area contributed by atoms with Gasteiger partial charge in [0.25, 0.3) is 0 Å². The molecule has 0 atom stereocenters. The van der Waals surface area contributed by atoms with Gasteiger partial charge in [-0.2, -0.15) is 0 Å². The van der Waals surface area contributed by atoms with E-state index < -0.39 is 15.4 Å². The van der Waals surface area contributed by atoms with Crippen molar-refractivity contribution in [2.45, 2.75) is 19.6 Å². The van der Waals surface area contributed by atoms with Crippen molar-refractivity contribution in [2.24, 2.45) is 0 Å². The van der Waals surface area contributed by atoms with Crippen LogP contribution in [0.4, 0.5) is 0 Å². The first-order valence-electron chi connectivity index (χ1n) is 5.07. The zero-order valence-electron chi connectivity index (χ0n) is 10.0. The first-order valence-corrected chi connectivity index (χ1v) is 8.48. The average molecular weight is 240 g/mol. The zero-order valence-corrected chi connectivity index (χ0v) is 11.0. The maximum Gasteiger partial charge on any atom is 0.492 e. The highest BCUT2D eigenvalue weighted by Gasteiger charge is 2.23. The standard InChI is InChI=1S/C10H17BO4Si/c1-14-10-8(11(12)13)6-5-7-9(10)15-16(2,3)4/h5-7,12-13H,1-4H3. The SMILES string of the molecule is COc1c(O[Si](C)(C)C)cccc1B(O)O. The Morgan fingerprint density at radius 2 is 1.81 bits per heavy atom. The third-order valence-electron chi connectivity index (χ3n) is 1.91. The lowest BCUT2D eigenvalue weighted by Crippen LogP contribution is -2.34. The van der Waals surface area contributed by atoms with Crippen molar-refractivity contribution < 1.29 is 19.2 Å². The van der Waals surface area contributed by atoms with E-state index in [0.717, 1.165) is 0 Å². The summed E-state index contributed by atoms with van der Waals surface area (Å²) in [4.78, 5) is 0. The Kier molecular flexibility index (Phi) is 4.01. The molecule has 0 saturated carbocycles. The minimum absolute atomic E-state index is 0.318. The van der Waals surface area contributed by atoms with Crippen LogP contribution in [0.15, 0.2) is 18.2 Å². The van der Waals surface area contributed by atoms with Crippen LogP contribution in [0.3, 0.4) is 0 Å². The molecule has 0 amide bonds. The molecule has 0 saturated heterocycles. The predicted octanol–water partition coefficient (Wildman–Crippen LogP) is 0.589. The summed E-state index contributed by atoms with van der Waals surface area (Å²) in [6.45, 7) is 6.15. The van der Waals surface area contributed by atoms with Crippen molar-refractivity contribution in [1.82, 2.24) is 0 Å². The molecule has 16 heavy (non-hydrogen) atoms. The van der Waals surface area contributed by atoms with Crippen LogP contribution in [0.25, 0.3) is 0 Å². The predicted molar refractivity (Wildman–Crippen MR) is 66.8 cm³/mol. The number of rotatable bonds is 4. The van der Waals surface area contributed by atoms with Crippen LogP contribution in [0, 0.1) is 0 Å². The minimum Gasteiger partial charge on any atom is -0.542 e. The molecule has 0 aliphatic heterocycles. The largest absolute Gasteiger partial charge is 0.542 e. The van der Waals surface area contributed by atoms with E-state index in [1.165, 1.54) is 7.11 Å². The van der Waals surface area contributed by atoms with Gasteiger partial charge in [-0.15, -0.1) is 0 Å². The van der Waals surface area contributed by atoms with E-state index in [4.69, 9.17) is 9.16 Å². The summed E-state index contributed by atoms with van der Waals surface area (Å²) in [5.74, 6) is 0.951. The fourth-order valence-electron chi connectivity index (χ4n) is 1.36. The molecular formula is C10H17BO4Si. The topological polar surface area (TPSA) is 58.9 Å². The number of ether oxygens (including phenoxy) is 1. The van der Waals surface area contributed by atoms with E-state index in [-0.39, 0.29) is 0 Å². The molecule has 88 valence electrons. The first-order chi connectivity index (χ1) is 7.35. The van der Waals surface area contributed by atoms with Gasteiger partial charge < -0.3 is 19.2 Å². The van der Waals surface area contributed by atoms with Gasteiger partial charge in [0, 0.05) is 5.46 Å². The second-order valence-corrected chi connectivity index (χ2v) is 8.90. The van der Waals surface area contributed by atoms with E-state index in [0.29, 0.717) is 17.0 Å². The third-order valence-corrected chi connectivity index (χ3v) is 2.74. The lowest BCUT2D eigenvalue weighted by Gasteiger charge is -2.22. The summed E-state index contributed by atoms with van der Waals surface area (Å²) in [5, 5.41) is 18.4. The number of methoxy groups -OCH3 is 1. The Morgan fingerprint density at radius 1 is 1.19 bits per heavy atom. The fraction of sp³-hybridized carbons (Fsp3) is 0.400. The summed E-state index contributed by atoms with van der Waals surface area (Å²) in [7, 11) is -1.82. The van der Waals surface area contributed by atoms with Crippen LogP contribution in [0.5, 0.6) is 11.5 Å². The van der Waals surface area contributed by atoms with Crippen LogP contribution in [0.1, 0.15) is 0 Å². The monoisotopic (exact) mass is 240 g/mol. The Bertz CT molecular complexity index is 362. The second-order valence-electron chi connectivity index (χ2n) is 4.47. The highest BCUT2D eigenvalue weighted by molar-refractivity contribution is 6.70. The molecule has 4 nitrogen and oxygen atoms in total. The van der Waals surface area contributed by atoms with Crippen molar-refractivity contribution in [2.75, 3.05) is 7.11 Å². The van der Waals surface area contributed by atoms with E-state index in [2.05, 4.69) is 19.6 Å². The normalized spacial score (nSPS) is 11.1. The van der Waals surface area contributed by atoms with E-state index in [1.807, 2.05) is 0 Å². The number of hydrogen-bond acceptors (Lipinski definition) is 4. The molecule has 6 heteroatoms.